The van der Waals surface area contributed by atoms with Gasteiger partial charge in [-0.15, -0.1) is 0 Å². The average molecular weight is 333 g/mol. The summed E-state index contributed by atoms with van der Waals surface area (Å²) < 4.78 is 28.2. The van der Waals surface area contributed by atoms with Crippen molar-refractivity contribution in [1.82, 2.24) is 5.32 Å². The molecule has 1 fully saturated rings. The van der Waals surface area contributed by atoms with Crippen LogP contribution in [0.1, 0.15) is 18.4 Å². The van der Waals surface area contributed by atoms with E-state index in [1.807, 2.05) is 19.1 Å². The Morgan fingerprint density at radius 3 is 2.67 bits per heavy atom. The fraction of sp³-hybridized carbons (Fsp3) is 0.500. The smallest absolute Gasteiger partial charge is 0.235 e. The second kappa shape index (κ2) is 5.59. The first-order valence-corrected chi connectivity index (χ1v) is 8.32. The number of anilines is 1. The molecule has 1 aromatic rings. The van der Waals surface area contributed by atoms with Crippen molar-refractivity contribution < 1.29 is 8.42 Å². The summed E-state index contributed by atoms with van der Waals surface area (Å²) in [6, 6.07) is 5.52. The molecule has 1 aliphatic heterocycles. The summed E-state index contributed by atoms with van der Waals surface area (Å²) in [5.41, 5.74) is 1.57. The van der Waals surface area contributed by atoms with Crippen LogP contribution in [0.4, 0.5) is 5.69 Å². The molecule has 0 aromatic heterocycles. The largest absolute Gasteiger partial charge is 0.317 e. The Morgan fingerprint density at radius 1 is 1.33 bits per heavy atom. The number of halogens is 1. The van der Waals surface area contributed by atoms with Gasteiger partial charge in [0.15, 0.2) is 0 Å². The second-order valence-corrected chi connectivity index (χ2v) is 7.32. The van der Waals surface area contributed by atoms with Crippen LogP contribution in [0.5, 0.6) is 0 Å². The lowest BCUT2D eigenvalue weighted by Crippen LogP contribution is -2.38. The van der Waals surface area contributed by atoms with E-state index in [9.17, 15) is 8.42 Å². The fourth-order valence-electron chi connectivity index (χ4n) is 2.06. The molecular formula is C12H17BrN2O2S. The third kappa shape index (κ3) is 3.05. The Labute approximate surface area is 116 Å². The van der Waals surface area contributed by atoms with Crippen molar-refractivity contribution in [2.24, 2.45) is 0 Å². The van der Waals surface area contributed by atoms with Gasteiger partial charge in [0.25, 0.3) is 0 Å². The van der Waals surface area contributed by atoms with Gasteiger partial charge < -0.3 is 5.32 Å². The predicted octanol–water partition coefficient (Wildman–Crippen LogP) is 2.25. The Hall–Kier alpha value is -0.590. The minimum absolute atomic E-state index is 0.294. The molecule has 1 aliphatic rings. The molecule has 0 saturated carbocycles. The SMILES string of the molecule is Cc1c(Br)cccc1NS(=O)(=O)C1CCNCC1. The summed E-state index contributed by atoms with van der Waals surface area (Å²) in [5, 5.41) is 2.88. The van der Waals surface area contributed by atoms with Gasteiger partial charge >= 0.3 is 0 Å². The highest BCUT2D eigenvalue weighted by Crippen LogP contribution is 2.26. The molecule has 6 heteroatoms. The Balaban J connectivity index is 2.19. The fourth-order valence-corrected chi connectivity index (χ4v) is 3.98. The van der Waals surface area contributed by atoms with Crippen molar-refractivity contribution in [3.8, 4) is 0 Å². The first-order valence-electron chi connectivity index (χ1n) is 5.98. The van der Waals surface area contributed by atoms with Gasteiger partial charge in [0.2, 0.25) is 10.0 Å². The van der Waals surface area contributed by atoms with Gasteiger partial charge in [0.05, 0.1) is 10.9 Å². The number of sulfonamides is 1. The zero-order valence-electron chi connectivity index (χ0n) is 10.2. The average Bonchev–Trinajstić information content (AvgIpc) is 2.36. The summed E-state index contributed by atoms with van der Waals surface area (Å²) >= 11 is 3.40. The van der Waals surface area contributed by atoms with Gasteiger partial charge in [-0.1, -0.05) is 22.0 Å². The molecule has 0 atom stereocenters. The van der Waals surface area contributed by atoms with E-state index in [4.69, 9.17) is 0 Å². The Morgan fingerprint density at radius 2 is 2.00 bits per heavy atom. The summed E-state index contributed by atoms with van der Waals surface area (Å²) in [4.78, 5) is 0. The van der Waals surface area contributed by atoms with Gasteiger partial charge in [0, 0.05) is 4.47 Å². The highest BCUT2D eigenvalue weighted by Gasteiger charge is 2.27. The summed E-state index contributed by atoms with van der Waals surface area (Å²) in [7, 11) is -3.29. The molecule has 0 aliphatic carbocycles. The third-order valence-electron chi connectivity index (χ3n) is 3.24. The third-order valence-corrected chi connectivity index (χ3v) is 5.96. The molecule has 2 rings (SSSR count). The second-order valence-electron chi connectivity index (χ2n) is 4.51. The predicted molar refractivity (Wildman–Crippen MR) is 77.3 cm³/mol. The number of piperidine rings is 1. The van der Waals surface area contributed by atoms with Crippen molar-refractivity contribution in [3.63, 3.8) is 0 Å². The topological polar surface area (TPSA) is 58.2 Å². The summed E-state index contributed by atoms with van der Waals surface area (Å²) in [5.74, 6) is 0. The molecule has 0 unspecified atom stereocenters. The van der Waals surface area contributed by atoms with Crippen LogP contribution >= 0.6 is 15.9 Å². The van der Waals surface area contributed by atoms with Crippen molar-refractivity contribution in [2.45, 2.75) is 25.0 Å². The molecule has 2 N–H and O–H groups in total. The van der Waals surface area contributed by atoms with Gasteiger partial charge in [0.1, 0.15) is 0 Å². The molecule has 1 aromatic carbocycles. The molecule has 0 amide bonds. The minimum atomic E-state index is -3.29. The van der Waals surface area contributed by atoms with Crippen LogP contribution in [-0.2, 0) is 10.0 Å². The van der Waals surface area contributed by atoms with E-state index in [0.717, 1.165) is 23.1 Å². The highest BCUT2D eigenvalue weighted by atomic mass is 79.9. The monoisotopic (exact) mass is 332 g/mol. The maximum Gasteiger partial charge on any atom is 0.235 e. The number of nitrogens with one attached hydrogen (secondary N) is 2. The van der Waals surface area contributed by atoms with E-state index in [2.05, 4.69) is 26.0 Å². The van der Waals surface area contributed by atoms with Crippen LogP contribution < -0.4 is 10.0 Å². The van der Waals surface area contributed by atoms with E-state index in [1.165, 1.54) is 0 Å². The maximum absolute atomic E-state index is 12.3. The van der Waals surface area contributed by atoms with E-state index in [1.54, 1.807) is 6.07 Å². The van der Waals surface area contributed by atoms with Crippen molar-refractivity contribution in [1.29, 1.82) is 0 Å². The van der Waals surface area contributed by atoms with Gasteiger partial charge in [-0.3, -0.25) is 4.72 Å². The molecule has 1 saturated heterocycles. The normalized spacial score (nSPS) is 17.7. The Bertz CT molecular complexity index is 525. The number of hydrogen-bond donors (Lipinski definition) is 2. The van der Waals surface area contributed by atoms with Crippen molar-refractivity contribution >= 4 is 31.6 Å². The first-order chi connectivity index (χ1) is 8.50. The maximum atomic E-state index is 12.3. The van der Waals surface area contributed by atoms with E-state index in [0.29, 0.717) is 18.5 Å². The van der Waals surface area contributed by atoms with Gasteiger partial charge in [-0.2, -0.15) is 0 Å². The molecule has 4 nitrogen and oxygen atoms in total. The molecule has 0 spiro atoms. The number of benzene rings is 1. The quantitative estimate of drug-likeness (QED) is 0.892. The van der Waals surface area contributed by atoms with Crippen LogP contribution in [0.2, 0.25) is 0 Å². The van der Waals surface area contributed by atoms with E-state index in [-0.39, 0.29) is 5.25 Å². The zero-order valence-corrected chi connectivity index (χ0v) is 12.6. The van der Waals surface area contributed by atoms with Crippen LogP contribution in [0, 0.1) is 6.92 Å². The van der Waals surface area contributed by atoms with E-state index >= 15 is 0 Å². The number of rotatable bonds is 3. The zero-order chi connectivity index (χ0) is 13.2. The van der Waals surface area contributed by atoms with Crippen molar-refractivity contribution in [3.05, 3.63) is 28.2 Å². The lowest BCUT2D eigenvalue weighted by atomic mass is 10.2. The minimum Gasteiger partial charge on any atom is -0.317 e. The summed E-state index contributed by atoms with van der Waals surface area (Å²) in [6.45, 7) is 3.43. The molecular weight excluding hydrogens is 316 g/mol. The van der Waals surface area contributed by atoms with Crippen LogP contribution in [-0.4, -0.2) is 26.8 Å². The first kappa shape index (κ1) is 13.8. The molecule has 1 heterocycles. The van der Waals surface area contributed by atoms with Crippen LogP contribution in [0.15, 0.2) is 22.7 Å². The highest BCUT2D eigenvalue weighted by molar-refractivity contribution is 9.10. The van der Waals surface area contributed by atoms with E-state index < -0.39 is 10.0 Å². The lowest BCUT2D eigenvalue weighted by molar-refractivity contribution is 0.499. The van der Waals surface area contributed by atoms with Crippen LogP contribution in [0.25, 0.3) is 0 Å². The standard InChI is InChI=1S/C12H17BrN2O2S/c1-9-11(13)3-2-4-12(9)15-18(16,17)10-5-7-14-8-6-10/h2-4,10,14-15H,5-8H2,1H3. The van der Waals surface area contributed by atoms with Crippen molar-refractivity contribution in [2.75, 3.05) is 17.8 Å². The van der Waals surface area contributed by atoms with Gasteiger partial charge in [-0.25, -0.2) is 8.42 Å². The van der Waals surface area contributed by atoms with Gasteiger partial charge in [-0.05, 0) is 50.6 Å². The molecule has 0 bridgehead atoms. The lowest BCUT2D eigenvalue weighted by Gasteiger charge is -2.23. The molecule has 100 valence electrons. The molecule has 0 radical (unpaired) electrons. The number of hydrogen-bond acceptors (Lipinski definition) is 3. The van der Waals surface area contributed by atoms with Crippen LogP contribution in [0.3, 0.4) is 0 Å². The Kier molecular flexibility index (Phi) is 4.29. The summed E-state index contributed by atoms with van der Waals surface area (Å²) in [6.07, 6.45) is 1.34. The molecule has 18 heavy (non-hydrogen) atoms.